The number of hydrogen-bond donors (Lipinski definition) is 1. The Morgan fingerprint density at radius 1 is 1.25 bits per heavy atom. The summed E-state index contributed by atoms with van der Waals surface area (Å²) in [5, 5.41) is 3.72. The largest absolute Gasteiger partial charge is 0.381 e. The molecule has 3 atom stereocenters. The molecule has 2 aliphatic rings. The summed E-state index contributed by atoms with van der Waals surface area (Å²) in [7, 11) is 0. The molecule has 0 radical (unpaired) electrons. The third kappa shape index (κ3) is 3.44. The van der Waals surface area contributed by atoms with Crippen LogP contribution < -0.4 is 5.32 Å². The highest BCUT2D eigenvalue weighted by molar-refractivity contribution is 4.90. The Hall–Kier alpha value is -0.120. The zero-order valence-corrected chi connectivity index (χ0v) is 10.6. The van der Waals surface area contributed by atoms with Crippen LogP contribution in [0.4, 0.5) is 0 Å². The van der Waals surface area contributed by atoms with Crippen molar-refractivity contribution in [3.05, 3.63) is 0 Å². The van der Waals surface area contributed by atoms with Gasteiger partial charge in [0.2, 0.25) is 0 Å². The molecule has 0 aromatic rings. The molecule has 1 N–H and O–H groups in total. The maximum atomic E-state index is 5.49. The fourth-order valence-electron chi connectivity index (χ4n) is 2.93. The van der Waals surface area contributed by atoms with Crippen LogP contribution in [-0.2, 0) is 4.74 Å². The highest BCUT2D eigenvalue weighted by Gasteiger charge is 2.33. The van der Waals surface area contributed by atoms with Crippen LogP contribution in [0.3, 0.4) is 0 Å². The molecule has 2 fully saturated rings. The number of piperidine rings is 1. The number of nitrogens with zero attached hydrogens (tertiary/aromatic N) is 1. The van der Waals surface area contributed by atoms with Crippen LogP contribution in [0, 0.1) is 5.92 Å². The third-order valence-electron chi connectivity index (χ3n) is 3.85. The summed E-state index contributed by atoms with van der Waals surface area (Å²) in [4.78, 5) is 2.60. The van der Waals surface area contributed by atoms with Gasteiger partial charge in [0, 0.05) is 25.8 Å². The van der Waals surface area contributed by atoms with Gasteiger partial charge in [-0.3, -0.25) is 0 Å². The van der Waals surface area contributed by atoms with E-state index in [-0.39, 0.29) is 0 Å². The van der Waals surface area contributed by atoms with Crippen LogP contribution in [0.2, 0.25) is 0 Å². The van der Waals surface area contributed by atoms with Crippen LogP contribution >= 0.6 is 0 Å². The van der Waals surface area contributed by atoms with E-state index in [2.05, 4.69) is 17.1 Å². The highest BCUT2D eigenvalue weighted by Crippen LogP contribution is 2.26. The van der Waals surface area contributed by atoms with Crippen molar-refractivity contribution in [2.75, 3.05) is 39.4 Å². The van der Waals surface area contributed by atoms with Gasteiger partial charge in [0.15, 0.2) is 0 Å². The molecule has 0 saturated carbocycles. The molecule has 3 nitrogen and oxygen atoms in total. The van der Waals surface area contributed by atoms with Crippen LogP contribution in [0.5, 0.6) is 0 Å². The normalized spacial score (nSPS) is 33.2. The molecule has 16 heavy (non-hydrogen) atoms. The molecule has 3 unspecified atom stereocenters. The molecule has 3 heteroatoms. The number of ether oxygens (including phenoxy) is 1. The number of hydrogen-bond acceptors (Lipinski definition) is 3. The molecule has 2 rings (SSSR count). The Morgan fingerprint density at radius 3 is 3.00 bits per heavy atom. The van der Waals surface area contributed by atoms with Gasteiger partial charge < -0.3 is 15.0 Å². The van der Waals surface area contributed by atoms with E-state index < -0.39 is 0 Å². The molecule has 0 aliphatic carbocycles. The maximum Gasteiger partial charge on any atom is 0.0478 e. The zero-order chi connectivity index (χ0) is 11.2. The SMILES string of the molecule is CCCOCCCNC1CCN2CCC1C2. The third-order valence-corrected chi connectivity index (χ3v) is 3.85. The van der Waals surface area contributed by atoms with E-state index in [0.29, 0.717) is 0 Å². The Morgan fingerprint density at radius 2 is 2.12 bits per heavy atom. The quantitative estimate of drug-likeness (QED) is 0.666. The van der Waals surface area contributed by atoms with E-state index in [9.17, 15) is 0 Å². The van der Waals surface area contributed by atoms with Crippen molar-refractivity contribution in [1.29, 1.82) is 0 Å². The molecule has 2 heterocycles. The zero-order valence-electron chi connectivity index (χ0n) is 10.6. The van der Waals surface area contributed by atoms with Crippen LogP contribution in [-0.4, -0.2) is 50.3 Å². The Kier molecular flexibility index (Phi) is 5.07. The lowest BCUT2D eigenvalue weighted by Gasteiger charge is -2.31. The standard InChI is InChI=1S/C13H26N2O/c1-2-9-16-10-3-6-14-13-5-8-15-7-4-12(13)11-15/h12-14H,2-11H2,1H3. The van der Waals surface area contributed by atoms with Crippen LogP contribution in [0.1, 0.15) is 32.6 Å². The molecular weight excluding hydrogens is 200 g/mol. The fourth-order valence-corrected chi connectivity index (χ4v) is 2.93. The van der Waals surface area contributed by atoms with E-state index in [1.165, 1.54) is 32.5 Å². The molecule has 0 aromatic heterocycles. The maximum absolute atomic E-state index is 5.49. The molecule has 2 aliphatic heterocycles. The number of nitrogens with one attached hydrogen (secondary N) is 1. The lowest BCUT2D eigenvalue weighted by Crippen LogP contribution is -2.44. The second-order valence-corrected chi connectivity index (χ2v) is 5.16. The summed E-state index contributed by atoms with van der Waals surface area (Å²) in [6.07, 6.45) is 5.05. The van der Waals surface area contributed by atoms with Crippen LogP contribution in [0.15, 0.2) is 0 Å². The fraction of sp³-hybridized carbons (Fsp3) is 1.00. The van der Waals surface area contributed by atoms with E-state index in [4.69, 9.17) is 4.74 Å². The van der Waals surface area contributed by atoms with E-state index in [0.717, 1.165) is 44.6 Å². The first-order valence-electron chi connectivity index (χ1n) is 6.93. The summed E-state index contributed by atoms with van der Waals surface area (Å²) >= 11 is 0. The summed E-state index contributed by atoms with van der Waals surface area (Å²) in [6, 6.07) is 0.782. The van der Waals surface area contributed by atoms with Crippen molar-refractivity contribution < 1.29 is 4.74 Å². The van der Waals surface area contributed by atoms with Crippen molar-refractivity contribution in [3.8, 4) is 0 Å². The van der Waals surface area contributed by atoms with Gasteiger partial charge in [-0.25, -0.2) is 0 Å². The van der Waals surface area contributed by atoms with E-state index in [1.807, 2.05) is 0 Å². The summed E-state index contributed by atoms with van der Waals surface area (Å²) in [5.74, 6) is 0.922. The van der Waals surface area contributed by atoms with Gasteiger partial charge in [0.1, 0.15) is 0 Å². The molecular formula is C13H26N2O. The predicted octanol–water partition coefficient (Wildman–Crippen LogP) is 1.49. The first-order valence-corrected chi connectivity index (χ1v) is 6.93. The van der Waals surface area contributed by atoms with E-state index >= 15 is 0 Å². The highest BCUT2D eigenvalue weighted by atomic mass is 16.5. The van der Waals surface area contributed by atoms with Gasteiger partial charge in [-0.15, -0.1) is 0 Å². The molecule has 94 valence electrons. The number of fused-ring (bicyclic) bond motifs is 2. The second-order valence-electron chi connectivity index (χ2n) is 5.16. The van der Waals surface area contributed by atoms with Gasteiger partial charge in [-0.1, -0.05) is 6.92 Å². The first kappa shape index (κ1) is 12.3. The Labute approximate surface area is 99.5 Å². The summed E-state index contributed by atoms with van der Waals surface area (Å²) in [6.45, 7) is 9.11. The predicted molar refractivity (Wildman–Crippen MR) is 66.7 cm³/mol. The van der Waals surface area contributed by atoms with Crippen molar-refractivity contribution in [2.45, 2.75) is 38.6 Å². The smallest absolute Gasteiger partial charge is 0.0478 e. The van der Waals surface area contributed by atoms with Crippen molar-refractivity contribution in [2.24, 2.45) is 5.92 Å². The topological polar surface area (TPSA) is 24.5 Å². The molecule has 0 aromatic carbocycles. The van der Waals surface area contributed by atoms with Crippen LogP contribution in [0.25, 0.3) is 0 Å². The minimum absolute atomic E-state index is 0.782. The molecule has 2 bridgehead atoms. The lowest BCUT2D eigenvalue weighted by molar-refractivity contribution is 0.129. The minimum atomic E-state index is 0.782. The van der Waals surface area contributed by atoms with Gasteiger partial charge in [-0.05, 0) is 51.2 Å². The van der Waals surface area contributed by atoms with Crippen molar-refractivity contribution in [1.82, 2.24) is 10.2 Å². The Bertz CT molecular complexity index is 198. The van der Waals surface area contributed by atoms with Gasteiger partial charge in [-0.2, -0.15) is 0 Å². The molecule has 0 spiro atoms. The average molecular weight is 226 g/mol. The van der Waals surface area contributed by atoms with Gasteiger partial charge in [0.05, 0.1) is 0 Å². The van der Waals surface area contributed by atoms with Gasteiger partial charge >= 0.3 is 0 Å². The Balaban J connectivity index is 1.52. The average Bonchev–Trinajstić information content (AvgIpc) is 2.69. The second kappa shape index (κ2) is 6.58. The first-order chi connectivity index (χ1) is 7.90. The van der Waals surface area contributed by atoms with Crippen molar-refractivity contribution in [3.63, 3.8) is 0 Å². The summed E-state index contributed by atoms with van der Waals surface area (Å²) < 4.78 is 5.49. The molecule has 2 saturated heterocycles. The molecule has 0 amide bonds. The minimum Gasteiger partial charge on any atom is -0.381 e. The van der Waals surface area contributed by atoms with Crippen molar-refractivity contribution >= 4 is 0 Å². The summed E-state index contributed by atoms with van der Waals surface area (Å²) in [5.41, 5.74) is 0. The van der Waals surface area contributed by atoms with E-state index in [1.54, 1.807) is 0 Å². The number of rotatable bonds is 7. The lowest BCUT2D eigenvalue weighted by atomic mass is 9.94. The monoisotopic (exact) mass is 226 g/mol. The van der Waals surface area contributed by atoms with Gasteiger partial charge in [0.25, 0.3) is 0 Å².